The molecule has 3 rings (SSSR count). The van der Waals surface area contributed by atoms with Gasteiger partial charge in [-0.05, 0) is 73.7 Å². The van der Waals surface area contributed by atoms with Gasteiger partial charge in [-0.3, -0.25) is 0 Å². The molecule has 0 heterocycles. The molecule has 1 aromatic rings. The fourth-order valence-corrected chi connectivity index (χ4v) is 3.43. The average Bonchev–Trinajstić information content (AvgIpc) is 3.14. The van der Waals surface area contributed by atoms with Crippen LogP contribution in [0.4, 0.5) is 0 Å². The molecule has 1 N–H and O–H groups in total. The maximum Gasteiger partial charge on any atom is 0.0424 e. The Kier molecular flexibility index (Phi) is 3.83. The summed E-state index contributed by atoms with van der Waals surface area (Å²) in [5.74, 6) is 2.93. The summed E-state index contributed by atoms with van der Waals surface area (Å²) in [5.41, 5.74) is 1.18. The summed E-state index contributed by atoms with van der Waals surface area (Å²) in [6.07, 6.45) is 5.80. The van der Waals surface area contributed by atoms with Crippen LogP contribution in [-0.2, 0) is 6.54 Å². The fraction of sp³-hybridized carbons (Fsp3) is 0.600. The average molecular weight is 284 g/mol. The lowest BCUT2D eigenvalue weighted by Gasteiger charge is -2.16. The van der Waals surface area contributed by atoms with Crippen molar-refractivity contribution in [2.75, 3.05) is 6.54 Å². The van der Waals surface area contributed by atoms with Crippen LogP contribution >= 0.6 is 23.2 Å². The number of nitrogens with one attached hydrogen (secondary N) is 1. The Bertz CT molecular complexity index is 392. The van der Waals surface area contributed by atoms with E-state index < -0.39 is 0 Å². The first kappa shape index (κ1) is 12.8. The van der Waals surface area contributed by atoms with Crippen LogP contribution in [0.3, 0.4) is 0 Å². The molecule has 0 amide bonds. The molecule has 0 aromatic heterocycles. The molecule has 1 nitrogen and oxygen atoms in total. The lowest BCUT2D eigenvalue weighted by Crippen LogP contribution is -2.25. The van der Waals surface area contributed by atoms with Crippen molar-refractivity contribution >= 4 is 23.2 Å². The number of benzene rings is 1. The molecule has 1 aromatic carbocycles. The Morgan fingerprint density at radius 1 is 1.00 bits per heavy atom. The van der Waals surface area contributed by atoms with Gasteiger partial charge in [-0.2, -0.15) is 0 Å². The highest BCUT2D eigenvalue weighted by Gasteiger charge is 2.40. The molecule has 2 aliphatic rings. The molecule has 18 heavy (non-hydrogen) atoms. The molecular weight excluding hydrogens is 265 g/mol. The second kappa shape index (κ2) is 5.40. The highest BCUT2D eigenvalue weighted by molar-refractivity contribution is 6.34. The Morgan fingerprint density at radius 3 is 2.06 bits per heavy atom. The van der Waals surface area contributed by atoms with Gasteiger partial charge in [0.1, 0.15) is 0 Å². The SMILES string of the molecule is Clc1cc(Cl)cc(CNCC(C2CC2)C2CC2)c1. The quantitative estimate of drug-likeness (QED) is 0.810. The first-order valence-electron chi connectivity index (χ1n) is 6.88. The lowest BCUT2D eigenvalue weighted by atomic mass is 9.98. The van der Waals surface area contributed by atoms with Crippen molar-refractivity contribution in [3.8, 4) is 0 Å². The van der Waals surface area contributed by atoms with Gasteiger partial charge in [-0.1, -0.05) is 23.2 Å². The van der Waals surface area contributed by atoms with E-state index in [2.05, 4.69) is 5.32 Å². The molecule has 0 bridgehead atoms. The van der Waals surface area contributed by atoms with Crippen molar-refractivity contribution in [2.45, 2.75) is 32.2 Å². The number of halogens is 2. The van der Waals surface area contributed by atoms with Crippen LogP contribution in [-0.4, -0.2) is 6.54 Å². The summed E-state index contributed by atoms with van der Waals surface area (Å²) >= 11 is 12.0. The largest absolute Gasteiger partial charge is 0.312 e. The van der Waals surface area contributed by atoms with Crippen LogP contribution in [0.5, 0.6) is 0 Å². The van der Waals surface area contributed by atoms with Gasteiger partial charge in [0.15, 0.2) is 0 Å². The van der Waals surface area contributed by atoms with Gasteiger partial charge in [0.05, 0.1) is 0 Å². The second-order valence-corrected chi connectivity index (χ2v) is 6.62. The van der Waals surface area contributed by atoms with Gasteiger partial charge in [0.25, 0.3) is 0 Å². The topological polar surface area (TPSA) is 12.0 Å². The minimum absolute atomic E-state index is 0.722. The van der Waals surface area contributed by atoms with Gasteiger partial charge >= 0.3 is 0 Å². The third-order valence-electron chi connectivity index (χ3n) is 4.09. The molecule has 0 atom stereocenters. The van der Waals surface area contributed by atoms with E-state index in [-0.39, 0.29) is 0 Å². The van der Waals surface area contributed by atoms with Crippen molar-refractivity contribution in [3.05, 3.63) is 33.8 Å². The summed E-state index contributed by atoms with van der Waals surface area (Å²) in [6, 6.07) is 5.76. The van der Waals surface area contributed by atoms with E-state index in [0.717, 1.165) is 40.9 Å². The minimum Gasteiger partial charge on any atom is -0.312 e. The van der Waals surface area contributed by atoms with Crippen LogP contribution in [0, 0.1) is 17.8 Å². The van der Waals surface area contributed by atoms with Crippen LogP contribution < -0.4 is 5.32 Å². The Balaban J connectivity index is 1.51. The molecule has 0 aliphatic heterocycles. The zero-order valence-electron chi connectivity index (χ0n) is 10.5. The lowest BCUT2D eigenvalue weighted by molar-refractivity contribution is 0.378. The first-order chi connectivity index (χ1) is 8.72. The molecule has 2 aliphatic carbocycles. The predicted molar refractivity (Wildman–Crippen MR) is 77.1 cm³/mol. The highest BCUT2D eigenvalue weighted by Crippen LogP contribution is 2.48. The first-order valence-corrected chi connectivity index (χ1v) is 7.63. The molecule has 0 saturated heterocycles. The van der Waals surface area contributed by atoms with Crippen LogP contribution in [0.1, 0.15) is 31.2 Å². The van der Waals surface area contributed by atoms with Crippen molar-refractivity contribution in [1.82, 2.24) is 5.32 Å². The third kappa shape index (κ3) is 3.40. The predicted octanol–water partition coefficient (Wildman–Crippen LogP) is 4.52. The van der Waals surface area contributed by atoms with E-state index in [0.29, 0.717) is 0 Å². The summed E-state index contributed by atoms with van der Waals surface area (Å²) in [5, 5.41) is 5.03. The van der Waals surface area contributed by atoms with E-state index in [4.69, 9.17) is 23.2 Å². The van der Waals surface area contributed by atoms with Gasteiger partial charge in [-0.15, -0.1) is 0 Å². The molecule has 0 radical (unpaired) electrons. The Labute approximate surface area is 119 Å². The maximum atomic E-state index is 6.00. The zero-order valence-corrected chi connectivity index (χ0v) is 12.0. The summed E-state index contributed by atoms with van der Waals surface area (Å²) in [7, 11) is 0. The number of hydrogen-bond acceptors (Lipinski definition) is 1. The molecule has 0 unspecified atom stereocenters. The van der Waals surface area contributed by atoms with Crippen LogP contribution in [0.2, 0.25) is 10.0 Å². The molecule has 3 heteroatoms. The molecule has 98 valence electrons. The molecular formula is C15H19Cl2N. The van der Waals surface area contributed by atoms with Crippen molar-refractivity contribution in [1.29, 1.82) is 0 Å². The van der Waals surface area contributed by atoms with Crippen molar-refractivity contribution < 1.29 is 0 Å². The third-order valence-corrected chi connectivity index (χ3v) is 4.52. The standard InChI is InChI=1S/C15H19Cl2N/c16-13-5-10(6-14(17)7-13)8-18-9-15(11-1-2-11)12-3-4-12/h5-7,11-12,15,18H,1-4,8-9H2. The zero-order chi connectivity index (χ0) is 12.5. The maximum absolute atomic E-state index is 6.00. The second-order valence-electron chi connectivity index (χ2n) is 5.75. The summed E-state index contributed by atoms with van der Waals surface area (Å²) in [6.45, 7) is 2.02. The number of rotatable bonds is 6. The van der Waals surface area contributed by atoms with Crippen molar-refractivity contribution in [3.63, 3.8) is 0 Å². The van der Waals surface area contributed by atoms with Crippen LogP contribution in [0.25, 0.3) is 0 Å². The van der Waals surface area contributed by atoms with E-state index in [1.54, 1.807) is 6.07 Å². The summed E-state index contributed by atoms with van der Waals surface area (Å²) < 4.78 is 0. The number of hydrogen-bond donors (Lipinski definition) is 1. The van der Waals surface area contributed by atoms with Crippen molar-refractivity contribution in [2.24, 2.45) is 17.8 Å². The molecule has 0 spiro atoms. The Morgan fingerprint density at radius 2 is 1.56 bits per heavy atom. The monoisotopic (exact) mass is 283 g/mol. The highest BCUT2D eigenvalue weighted by atomic mass is 35.5. The normalized spacial score (nSPS) is 19.5. The van der Waals surface area contributed by atoms with Gasteiger partial charge < -0.3 is 5.32 Å². The van der Waals surface area contributed by atoms with Gasteiger partial charge in [0.2, 0.25) is 0 Å². The molecule has 2 fully saturated rings. The fourth-order valence-electron chi connectivity index (χ4n) is 2.86. The summed E-state index contributed by atoms with van der Waals surface area (Å²) in [4.78, 5) is 0. The van der Waals surface area contributed by atoms with Crippen LogP contribution in [0.15, 0.2) is 18.2 Å². The van der Waals surface area contributed by atoms with Gasteiger partial charge in [-0.25, -0.2) is 0 Å². The van der Waals surface area contributed by atoms with E-state index in [9.17, 15) is 0 Å². The van der Waals surface area contributed by atoms with E-state index in [1.807, 2.05) is 12.1 Å². The van der Waals surface area contributed by atoms with E-state index >= 15 is 0 Å². The smallest absolute Gasteiger partial charge is 0.0424 e. The minimum atomic E-state index is 0.722. The van der Waals surface area contributed by atoms with Gasteiger partial charge in [0, 0.05) is 16.6 Å². The Hall–Kier alpha value is -0.240. The van der Waals surface area contributed by atoms with E-state index in [1.165, 1.54) is 31.2 Å². The molecule has 2 saturated carbocycles.